The SMILES string of the molecule is Cc1csc(C(=O)O)c1S(=O)(=O)NC(C)C(=O)NC(C)C. The zero-order chi connectivity index (χ0) is 16.4. The summed E-state index contributed by atoms with van der Waals surface area (Å²) < 4.78 is 26.8. The van der Waals surface area contributed by atoms with Crippen molar-refractivity contribution in [1.29, 1.82) is 0 Å². The fourth-order valence-corrected chi connectivity index (χ4v) is 4.50. The van der Waals surface area contributed by atoms with Gasteiger partial charge >= 0.3 is 5.97 Å². The molecule has 9 heteroatoms. The van der Waals surface area contributed by atoms with Crippen LogP contribution in [0.5, 0.6) is 0 Å². The highest BCUT2D eigenvalue weighted by Gasteiger charge is 2.29. The summed E-state index contributed by atoms with van der Waals surface area (Å²) >= 11 is 0.838. The van der Waals surface area contributed by atoms with Crippen LogP contribution in [0.2, 0.25) is 0 Å². The number of carbonyl (C=O) groups excluding carboxylic acids is 1. The Labute approximate surface area is 127 Å². The summed E-state index contributed by atoms with van der Waals surface area (Å²) in [6, 6.07) is -1.12. The van der Waals surface area contributed by atoms with Crippen LogP contribution in [0, 0.1) is 6.92 Å². The molecule has 1 aromatic heterocycles. The van der Waals surface area contributed by atoms with Crippen molar-refractivity contribution in [1.82, 2.24) is 10.0 Å². The number of nitrogens with one attached hydrogen (secondary N) is 2. The van der Waals surface area contributed by atoms with E-state index in [1.807, 2.05) is 0 Å². The lowest BCUT2D eigenvalue weighted by Gasteiger charge is -2.16. The molecule has 0 bridgehead atoms. The Kier molecular flexibility index (Phi) is 5.48. The molecule has 1 aromatic rings. The van der Waals surface area contributed by atoms with Gasteiger partial charge < -0.3 is 10.4 Å². The molecule has 0 aliphatic carbocycles. The molecule has 1 amide bonds. The fraction of sp³-hybridized carbons (Fsp3) is 0.500. The molecule has 0 radical (unpaired) electrons. The minimum Gasteiger partial charge on any atom is -0.477 e. The Hall–Kier alpha value is -1.45. The van der Waals surface area contributed by atoms with E-state index in [-0.39, 0.29) is 15.8 Å². The van der Waals surface area contributed by atoms with Crippen LogP contribution in [0.4, 0.5) is 0 Å². The number of hydrogen-bond acceptors (Lipinski definition) is 5. The maximum atomic E-state index is 12.3. The molecule has 118 valence electrons. The van der Waals surface area contributed by atoms with Crippen molar-refractivity contribution in [2.45, 2.75) is 44.7 Å². The van der Waals surface area contributed by atoms with Crippen molar-refractivity contribution < 1.29 is 23.1 Å². The summed E-state index contributed by atoms with van der Waals surface area (Å²) in [5.41, 5.74) is 0.335. The molecule has 0 spiro atoms. The van der Waals surface area contributed by atoms with Crippen molar-refractivity contribution in [3.05, 3.63) is 15.8 Å². The second kappa shape index (κ2) is 6.54. The number of carbonyl (C=O) groups is 2. The molecule has 21 heavy (non-hydrogen) atoms. The second-order valence-corrected chi connectivity index (χ2v) is 7.42. The molecule has 0 aromatic carbocycles. The first-order valence-corrected chi connectivity index (χ1v) is 8.56. The molecular formula is C12H18N2O5S2. The van der Waals surface area contributed by atoms with E-state index < -0.39 is 27.9 Å². The van der Waals surface area contributed by atoms with Crippen LogP contribution in [-0.4, -0.2) is 37.5 Å². The minimum absolute atomic E-state index is 0.123. The van der Waals surface area contributed by atoms with Gasteiger partial charge in [0, 0.05) is 6.04 Å². The molecule has 0 aliphatic rings. The molecule has 1 atom stereocenters. The van der Waals surface area contributed by atoms with Crippen LogP contribution < -0.4 is 10.0 Å². The summed E-state index contributed by atoms with van der Waals surface area (Å²) in [6.07, 6.45) is 0. The molecule has 0 saturated heterocycles. The second-order valence-electron chi connectivity index (χ2n) is 4.89. The molecule has 1 heterocycles. The monoisotopic (exact) mass is 334 g/mol. The van der Waals surface area contributed by atoms with E-state index in [4.69, 9.17) is 5.11 Å². The van der Waals surface area contributed by atoms with Crippen LogP contribution in [0.3, 0.4) is 0 Å². The van der Waals surface area contributed by atoms with E-state index in [0.29, 0.717) is 5.56 Å². The van der Waals surface area contributed by atoms with Crippen molar-refractivity contribution in [2.24, 2.45) is 0 Å². The first-order chi connectivity index (χ1) is 9.56. The Balaban J connectivity index is 3.05. The largest absolute Gasteiger partial charge is 0.477 e. The summed E-state index contributed by atoms with van der Waals surface area (Å²) in [6.45, 7) is 6.42. The van der Waals surface area contributed by atoms with E-state index in [1.165, 1.54) is 19.2 Å². The number of carboxylic acids is 1. The number of amides is 1. The first kappa shape index (κ1) is 17.6. The number of aromatic carboxylic acids is 1. The van der Waals surface area contributed by atoms with E-state index in [2.05, 4.69) is 10.0 Å². The first-order valence-electron chi connectivity index (χ1n) is 6.20. The molecular weight excluding hydrogens is 316 g/mol. The molecule has 1 unspecified atom stereocenters. The Morgan fingerprint density at radius 3 is 2.33 bits per heavy atom. The average Bonchev–Trinajstić information content (AvgIpc) is 2.70. The molecule has 3 N–H and O–H groups in total. The number of thiophene rings is 1. The lowest BCUT2D eigenvalue weighted by atomic mass is 10.3. The van der Waals surface area contributed by atoms with Crippen LogP contribution in [0.1, 0.15) is 36.0 Å². The number of hydrogen-bond donors (Lipinski definition) is 3. The van der Waals surface area contributed by atoms with E-state index in [1.54, 1.807) is 13.8 Å². The van der Waals surface area contributed by atoms with Gasteiger partial charge in [-0.25, -0.2) is 13.2 Å². The average molecular weight is 334 g/mol. The number of sulfonamides is 1. The van der Waals surface area contributed by atoms with Crippen LogP contribution in [0.25, 0.3) is 0 Å². The van der Waals surface area contributed by atoms with Gasteiger partial charge in [0.05, 0.1) is 6.04 Å². The van der Waals surface area contributed by atoms with Crippen LogP contribution in [-0.2, 0) is 14.8 Å². The van der Waals surface area contributed by atoms with Gasteiger partial charge in [0.25, 0.3) is 0 Å². The molecule has 1 rings (SSSR count). The van der Waals surface area contributed by atoms with Gasteiger partial charge in [-0.1, -0.05) is 0 Å². The molecule has 7 nitrogen and oxygen atoms in total. The summed E-state index contributed by atoms with van der Waals surface area (Å²) in [7, 11) is -4.08. The molecule has 0 saturated carbocycles. The predicted octanol–water partition coefficient (Wildman–Crippen LogP) is 0.946. The number of rotatable bonds is 6. The van der Waals surface area contributed by atoms with Gasteiger partial charge in [-0.05, 0) is 38.6 Å². The Morgan fingerprint density at radius 1 is 1.29 bits per heavy atom. The zero-order valence-corrected chi connectivity index (χ0v) is 13.8. The summed E-state index contributed by atoms with van der Waals surface area (Å²) in [4.78, 5) is 22.3. The van der Waals surface area contributed by atoms with Gasteiger partial charge in [-0.2, -0.15) is 4.72 Å². The van der Waals surface area contributed by atoms with E-state index >= 15 is 0 Å². The Morgan fingerprint density at radius 2 is 1.86 bits per heavy atom. The number of aryl methyl sites for hydroxylation is 1. The highest BCUT2D eigenvalue weighted by Crippen LogP contribution is 2.26. The van der Waals surface area contributed by atoms with Gasteiger partial charge in [-0.15, -0.1) is 11.3 Å². The summed E-state index contributed by atoms with van der Waals surface area (Å²) in [5, 5.41) is 13.1. The third kappa shape index (κ3) is 4.26. The van der Waals surface area contributed by atoms with Crippen LogP contribution in [0.15, 0.2) is 10.3 Å². The molecule has 0 fully saturated rings. The van der Waals surface area contributed by atoms with E-state index in [0.717, 1.165) is 11.3 Å². The van der Waals surface area contributed by atoms with Gasteiger partial charge in [0.2, 0.25) is 15.9 Å². The van der Waals surface area contributed by atoms with Gasteiger partial charge in [0.15, 0.2) is 0 Å². The standard InChI is InChI=1S/C12H18N2O5S2/c1-6(2)13-11(15)8(4)14-21(18,19)10-7(3)5-20-9(10)12(16)17/h5-6,8,14H,1-4H3,(H,13,15)(H,16,17). The summed E-state index contributed by atoms with van der Waals surface area (Å²) in [5.74, 6) is -1.79. The third-order valence-corrected chi connectivity index (χ3v) is 5.48. The maximum Gasteiger partial charge on any atom is 0.347 e. The van der Waals surface area contributed by atoms with Gasteiger partial charge in [0.1, 0.15) is 9.77 Å². The Bertz CT molecular complexity index is 649. The van der Waals surface area contributed by atoms with E-state index in [9.17, 15) is 18.0 Å². The highest BCUT2D eigenvalue weighted by molar-refractivity contribution is 7.89. The van der Waals surface area contributed by atoms with Crippen LogP contribution >= 0.6 is 11.3 Å². The van der Waals surface area contributed by atoms with Gasteiger partial charge in [-0.3, -0.25) is 4.79 Å². The lowest BCUT2D eigenvalue weighted by Crippen LogP contribution is -2.46. The molecule has 0 aliphatic heterocycles. The quantitative estimate of drug-likeness (QED) is 0.717. The lowest BCUT2D eigenvalue weighted by molar-refractivity contribution is -0.122. The maximum absolute atomic E-state index is 12.3. The van der Waals surface area contributed by atoms with Crippen molar-refractivity contribution in [2.75, 3.05) is 0 Å². The fourth-order valence-electron chi connectivity index (χ4n) is 1.67. The van der Waals surface area contributed by atoms with Crippen molar-refractivity contribution in [3.8, 4) is 0 Å². The minimum atomic E-state index is -4.08. The number of carboxylic acid groups (broad SMARTS) is 1. The zero-order valence-electron chi connectivity index (χ0n) is 12.1. The highest BCUT2D eigenvalue weighted by atomic mass is 32.2. The third-order valence-electron chi connectivity index (χ3n) is 2.54. The van der Waals surface area contributed by atoms with Crippen molar-refractivity contribution in [3.63, 3.8) is 0 Å². The normalized spacial score (nSPS) is 13.2. The predicted molar refractivity (Wildman–Crippen MR) is 79.1 cm³/mol. The topological polar surface area (TPSA) is 113 Å². The smallest absolute Gasteiger partial charge is 0.347 e. The van der Waals surface area contributed by atoms with Crippen molar-refractivity contribution >= 4 is 33.2 Å².